The lowest BCUT2D eigenvalue weighted by Crippen LogP contribution is -1.85. The van der Waals surface area contributed by atoms with Crippen molar-refractivity contribution in [2.45, 2.75) is 0 Å². The van der Waals surface area contributed by atoms with Crippen molar-refractivity contribution in [3.8, 4) is 11.8 Å². The topological polar surface area (TPSA) is 0 Å². The Balaban J connectivity index is 3.05. The van der Waals surface area contributed by atoms with Crippen molar-refractivity contribution in [3.05, 3.63) is 35.4 Å². The Morgan fingerprint density at radius 2 is 2.08 bits per heavy atom. The fraction of sp³-hybridized carbons (Fsp3) is 0.111. The van der Waals surface area contributed by atoms with Crippen LogP contribution in [0.2, 0.25) is 0 Å². The summed E-state index contributed by atoms with van der Waals surface area (Å²) in [5, 5.41) is 0. The van der Waals surface area contributed by atoms with E-state index in [-0.39, 0.29) is 5.56 Å². The Bertz CT molecular complexity index is 336. The Hall–Kier alpha value is -1.01. The molecule has 3 heteroatoms. The molecule has 0 nitrogen and oxygen atoms in total. The molecule has 1 aromatic rings. The Morgan fingerprint density at radius 1 is 1.33 bits per heavy atom. The molecule has 0 amide bonds. The number of hydrogen-bond acceptors (Lipinski definition) is 1. The maximum atomic E-state index is 12.8. The average Bonchev–Trinajstić information content (AvgIpc) is 2.07. The summed E-state index contributed by atoms with van der Waals surface area (Å²) < 4.78 is 25.3. The third-order valence-electron chi connectivity index (χ3n) is 1.23. The van der Waals surface area contributed by atoms with Gasteiger partial charge >= 0.3 is 0 Å². The van der Waals surface area contributed by atoms with Crippen molar-refractivity contribution in [2.24, 2.45) is 0 Å². The summed E-state index contributed by atoms with van der Waals surface area (Å²) in [6.07, 6.45) is 0. The molecule has 0 unspecified atom stereocenters. The number of thiol groups is 1. The molecule has 0 aromatic heterocycles. The van der Waals surface area contributed by atoms with E-state index >= 15 is 0 Å². The van der Waals surface area contributed by atoms with Crippen LogP contribution in [0.3, 0.4) is 0 Å². The molecule has 0 heterocycles. The van der Waals surface area contributed by atoms with Gasteiger partial charge in [0.1, 0.15) is 11.6 Å². The van der Waals surface area contributed by atoms with Crippen LogP contribution in [-0.4, -0.2) is 5.75 Å². The molecule has 0 saturated heterocycles. The molecular formula is C9H6F2S. The summed E-state index contributed by atoms with van der Waals surface area (Å²) in [6, 6.07) is 3.17. The molecule has 0 aliphatic carbocycles. The van der Waals surface area contributed by atoms with Gasteiger partial charge in [0, 0.05) is 0 Å². The van der Waals surface area contributed by atoms with Gasteiger partial charge in [0.05, 0.1) is 11.3 Å². The molecular weight excluding hydrogens is 178 g/mol. The summed E-state index contributed by atoms with van der Waals surface area (Å²) >= 11 is 3.82. The molecule has 0 saturated carbocycles. The first-order valence-electron chi connectivity index (χ1n) is 3.29. The van der Waals surface area contributed by atoms with E-state index in [1.807, 2.05) is 0 Å². The number of rotatable bonds is 0. The molecule has 12 heavy (non-hydrogen) atoms. The lowest BCUT2D eigenvalue weighted by molar-refractivity contribution is 0.597. The van der Waals surface area contributed by atoms with E-state index in [0.717, 1.165) is 18.2 Å². The van der Waals surface area contributed by atoms with Crippen molar-refractivity contribution >= 4 is 12.6 Å². The van der Waals surface area contributed by atoms with Crippen LogP contribution in [0.5, 0.6) is 0 Å². The van der Waals surface area contributed by atoms with Crippen LogP contribution in [0, 0.1) is 23.5 Å². The molecule has 0 aliphatic heterocycles. The normalized spacial score (nSPS) is 8.92. The minimum atomic E-state index is -0.509. The van der Waals surface area contributed by atoms with Gasteiger partial charge in [-0.15, -0.1) is 0 Å². The highest BCUT2D eigenvalue weighted by Gasteiger charge is 1.99. The molecule has 0 N–H and O–H groups in total. The summed E-state index contributed by atoms with van der Waals surface area (Å²) in [4.78, 5) is 0. The number of halogens is 2. The fourth-order valence-electron chi connectivity index (χ4n) is 0.728. The van der Waals surface area contributed by atoms with Gasteiger partial charge in [0.2, 0.25) is 0 Å². The molecule has 0 bridgehead atoms. The van der Waals surface area contributed by atoms with Crippen LogP contribution in [0.4, 0.5) is 8.78 Å². The Labute approximate surface area is 75.0 Å². The van der Waals surface area contributed by atoms with E-state index < -0.39 is 11.6 Å². The van der Waals surface area contributed by atoms with E-state index in [9.17, 15) is 8.78 Å². The van der Waals surface area contributed by atoms with Crippen molar-refractivity contribution in [2.75, 3.05) is 5.75 Å². The van der Waals surface area contributed by atoms with Crippen LogP contribution < -0.4 is 0 Å². The average molecular weight is 184 g/mol. The highest BCUT2D eigenvalue weighted by Crippen LogP contribution is 2.07. The second kappa shape index (κ2) is 4.13. The van der Waals surface area contributed by atoms with Gasteiger partial charge in [-0.25, -0.2) is 8.78 Å². The van der Waals surface area contributed by atoms with Crippen LogP contribution in [0.25, 0.3) is 0 Å². The zero-order valence-corrected chi connectivity index (χ0v) is 7.04. The van der Waals surface area contributed by atoms with E-state index in [4.69, 9.17) is 0 Å². The van der Waals surface area contributed by atoms with Gasteiger partial charge in [-0.3, -0.25) is 0 Å². The first kappa shape index (κ1) is 9.08. The first-order chi connectivity index (χ1) is 5.74. The third-order valence-corrected chi connectivity index (χ3v) is 1.39. The van der Waals surface area contributed by atoms with Crippen LogP contribution >= 0.6 is 12.6 Å². The molecule has 1 rings (SSSR count). The first-order valence-corrected chi connectivity index (χ1v) is 3.92. The summed E-state index contributed by atoms with van der Waals surface area (Å²) in [6.45, 7) is 0. The highest BCUT2D eigenvalue weighted by atomic mass is 32.1. The summed E-state index contributed by atoms with van der Waals surface area (Å²) in [7, 11) is 0. The zero-order valence-electron chi connectivity index (χ0n) is 6.14. The molecule has 0 fully saturated rings. The minimum Gasteiger partial charge on any atom is -0.207 e. The largest absolute Gasteiger partial charge is 0.207 e. The van der Waals surface area contributed by atoms with Gasteiger partial charge in [-0.1, -0.05) is 11.8 Å². The van der Waals surface area contributed by atoms with Crippen LogP contribution in [0.1, 0.15) is 5.56 Å². The standard InChI is InChI=1S/C9H6F2S/c10-8-3-4-9(11)7(6-8)2-1-5-12/h3-4,6,12H,5H2. The van der Waals surface area contributed by atoms with Gasteiger partial charge < -0.3 is 0 Å². The zero-order chi connectivity index (χ0) is 8.97. The molecule has 0 atom stereocenters. The molecule has 62 valence electrons. The quantitative estimate of drug-likeness (QED) is 0.464. The number of benzene rings is 1. The number of hydrogen-bond donors (Lipinski definition) is 1. The van der Waals surface area contributed by atoms with E-state index in [1.165, 1.54) is 0 Å². The van der Waals surface area contributed by atoms with Crippen LogP contribution in [0.15, 0.2) is 18.2 Å². The third kappa shape index (κ3) is 2.24. The van der Waals surface area contributed by atoms with E-state index in [1.54, 1.807) is 0 Å². The van der Waals surface area contributed by atoms with Gasteiger partial charge in [0.15, 0.2) is 0 Å². The summed E-state index contributed by atoms with van der Waals surface area (Å²) in [5.41, 5.74) is 0.0732. The second-order valence-corrected chi connectivity index (χ2v) is 2.40. The fourth-order valence-corrected chi connectivity index (χ4v) is 0.807. The summed E-state index contributed by atoms with van der Waals surface area (Å²) in [5.74, 6) is 4.34. The van der Waals surface area contributed by atoms with Gasteiger partial charge in [-0.05, 0) is 18.2 Å². The van der Waals surface area contributed by atoms with Crippen molar-refractivity contribution in [1.29, 1.82) is 0 Å². The predicted molar refractivity (Wildman–Crippen MR) is 47.1 cm³/mol. The van der Waals surface area contributed by atoms with E-state index in [2.05, 4.69) is 24.5 Å². The van der Waals surface area contributed by atoms with Crippen molar-refractivity contribution in [1.82, 2.24) is 0 Å². The maximum Gasteiger partial charge on any atom is 0.139 e. The molecule has 0 spiro atoms. The second-order valence-electron chi connectivity index (χ2n) is 2.08. The minimum absolute atomic E-state index is 0.0732. The van der Waals surface area contributed by atoms with E-state index in [0.29, 0.717) is 5.75 Å². The van der Waals surface area contributed by atoms with Crippen molar-refractivity contribution in [3.63, 3.8) is 0 Å². The smallest absolute Gasteiger partial charge is 0.139 e. The van der Waals surface area contributed by atoms with Gasteiger partial charge in [-0.2, -0.15) is 12.6 Å². The van der Waals surface area contributed by atoms with Crippen molar-refractivity contribution < 1.29 is 8.78 Å². The highest BCUT2D eigenvalue weighted by molar-refractivity contribution is 7.80. The lowest BCUT2D eigenvalue weighted by Gasteiger charge is -1.92. The van der Waals surface area contributed by atoms with Gasteiger partial charge in [0.25, 0.3) is 0 Å². The maximum absolute atomic E-state index is 12.8. The molecule has 1 aromatic carbocycles. The Morgan fingerprint density at radius 3 is 2.75 bits per heavy atom. The Kier molecular flexibility index (Phi) is 3.12. The lowest BCUT2D eigenvalue weighted by atomic mass is 10.2. The van der Waals surface area contributed by atoms with Crippen LogP contribution in [-0.2, 0) is 0 Å². The molecule has 0 aliphatic rings. The SMILES string of the molecule is Fc1ccc(F)c(C#CCS)c1. The monoisotopic (exact) mass is 184 g/mol. The molecule has 0 radical (unpaired) electrons. The predicted octanol–water partition coefficient (Wildman–Crippen LogP) is 2.25.